The van der Waals surface area contributed by atoms with Gasteiger partial charge in [0.05, 0.1) is 12.1 Å². The Morgan fingerprint density at radius 1 is 1.15 bits per heavy atom. The van der Waals surface area contributed by atoms with Gasteiger partial charge in [-0.05, 0) is 24.6 Å². The lowest BCUT2D eigenvalue weighted by molar-refractivity contribution is -0.117. The highest BCUT2D eigenvalue weighted by atomic mass is 16.4. The molecular formula is C19H23N5O3. The summed E-state index contributed by atoms with van der Waals surface area (Å²) in [4.78, 5) is 36.1. The van der Waals surface area contributed by atoms with Crippen molar-refractivity contribution in [3.8, 4) is 0 Å². The van der Waals surface area contributed by atoms with Gasteiger partial charge in [-0.2, -0.15) is 0 Å². The number of piperazine rings is 1. The number of aromatic nitrogens is 2. The molecule has 1 aromatic carbocycles. The van der Waals surface area contributed by atoms with Crippen LogP contribution in [0.25, 0.3) is 0 Å². The van der Waals surface area contributed by atoms with Gasteiger partial charge in [-0.1, -0.05) is 13.0 Å². The monoisotopic (exact) mass is 369 g/mol. The molecule has 2 N–H and O–H groups in total. The molecule has 8 heteroatoms. The third-order valence-corrected chi connectivity index (χ3v) is 4.53. The predicted molar refractivity (Wildman–Crippen MR) is 102 cm³/mol. The standard InChI is InChI=1S/C19H23N5O3/c1-2-15-11-17(21-13-20-15)24-8-6-23(7-9-24)12-18(25)22-16-5-3-4-14(10-16)19(26)27/h3-5,10-11,13H,2,6-9,12H2,1H3,(H,22,25)(H,26,27). The Labute approximate surface area is 157 Å². The van der Waals surface area contributed by atoms with Crippen LogP contribution in [0, 0.1) is 0 Å². The number of carboxylic acid groups (broad SMARTS) is 1. The number of aromatic carboxylic acids is 1. The maximum atomic E-state index is 12.3. The molecule has 1 aliphatic heterocycles. The summed E-state index contributed by atoms with van der Waals surface area (Å²) in [7, 11) is 0. The molecule has 0 unspecified atom stereocenters. The number of hydrogen-bond donors (Lipinski definition) is 2. The van der Waals surface area contributed by atoms with E-state index in [1.807, 2.05) is 6.07 Å². The minimum absolute atomic E-state index is 0.151. The minimum Gasteiger partial charge on any atom is -0.478 e. The van der Waals surface area contributed by atoms with E-state index >= 15 is 0 Å². The van der Waals surface area contributed by atoms with Crippen LogP contribution in [0.4, 0.5) is 11.5 Å². The molecule has 0 atom stereocenters. The summed E-state index contributed by atoms with van der Waals surface area (Å²) in [6.45, 7) is 5.44. The van der Waals surface area contributed by atoms with E-state index in [0.29, 0.717) is 5.69 Å². The van der Waals surface area contributed by atoms with Gasteiger partial charge < -0.3 is 15.3 Å². The van der Waals surface area contributed by atoms with E-state index in [4.69, 9.17) is 5.11 Å². The van der Waals surface area contributed by atoms with Crippen LogP contribution in [0.15, 0.2) is 36.7 Å². The lowest BCUT2D eigenvalue weighted by Crippen LogP contribution is -2.49. The van der Waals surface area contributed by atoms with E-state index < -0.39 is 5.97 Å². The molecule has 0 saturated carbocycles. The number of anilines is 2. The Balaban J connectivity index is 1.50. The number of amides is 1. The summed E-state index contributed by atoms with van der Waals surface area (Å²) in [6, 6.07) is 8.26. The molecule has 0 bridgehead atoms. The lowest BCUT2D eigenvalue weighted by Gasteiger charge is -2.35. The van der Waals surface area contributed by atoms with Gasteiger partial charge in [0.25, 0.3) is 0 Å². The molecule has 1 saturated heterocycles. The van der Waals surface area contributed by atoms with Crippen molar-refractivity contribution < 1.29 is 14.7 Å². The average molecular weight is 369 g/mol. The highest BCUT2D eigenvalue weighted by Crippen LogP contribution is 2.15. The fraction of sp³-hybridized carbons (Fsp3) is 0.368. The molecule has 2 aromatic rings. The van der Waals surface area contributed by atoms with Crippen LogP contribution in [0.5, 0.6) is 0 Å². The Kier molecular flexibility index (Phi) is 5.97. The molecule has 8 nitrogen and oxygen atoms in total. The van der Waals surface area contributed by atoms with Crippen LogP contribution in [0.2, 0.25) is 0 Å². The Morgan fingerprint density at radius 2 is 1.93 bits per heavy atom. The number of carboxylic acids is 1. The van der Waals surface area contributed by atoms with E-state index in [1.54, 1.807) is 18.5 Å². The van der Waals surface area contributed by atoms with E-state index in [0.717, 1.165) is 44.1 Å². The van der Waals surface area contributed by atoms with Crippen LogP contribution < -0.4 is 10.2 Å². The molecule has 1 amide bonds. The molecule has 0 radical (unpaired) electrons. The second kappa shape index (κ2) is 8.59. The second-order valence-corrected chi connectivity index (χ2v) is 6.42. The van der Waals surface area contributed by atoms with Gasteiger partial charge in [0.2, 0.25) is 5.91 Å². The van der Waals surface area contributed by atoms with Gasteiger partial charge in [-0.15, -0.1) is 0 Å². The SMILES string of the molecule is CCc1cc(N2CCN(CC(=O)Nc3cccc(C(=O)O)c3)CC2)ncn1. The molecule has 1 aliphatic rings. The van der Waals surface area contributed by atoms with Crippen LogP contribution in [-0.4, -0.2) is 64.6 Å². The Hall–Kier alpha value is -3.00. The van der Waals surface area contributed by atoms with Gasteiger partial charge in [0.1, 0.15) is 12.1 Å². The van der Waals surface area contributed by atoms with Crippen molar-refractivity contribution in [3.63, 3.8) is 0 Å². The van der Waals surface area contributed by atoms with Gasteiger partial charge in [0, 0.05) is 43.6 Å². The van der Waals surface area contributed by atoms with Crippen molar-refractivity contribution in [1.29, 1.82) is 0 Å². The van der Waals surface area contributed by atoms with Crippen LogP contribution >= 0.6 is 0 Å². The number of carbonyl (C=O) groups excluding carboxylic acids is 1. The second-order valence-electron chi connectivity index (χ2n) is 6.42. The lowest BCUT2D eigenvalue weighted by atomic mass is 10.2. The zero-order valence-corrected chi connectivity index (χ0v) is 15.3. The number of carbonyl (C=O) groups is 2. The highest BCUT2D eigenvalue weighted by molar-refractivity contribution is 5.94. The first-order valence-electron chi connectivity index (χ1n) is 8.96. The number of nitrogens with one attached hydrogen (secondary N) is 1. The fourth-order valence-electron chi connectivity index (χ4n) is 3.02. The molecule has 0 spiro atoms. The number of hydrogen-bond acceptors (Lipinski definition) is 6. The van der Waals surface area contributed by atoms with Crippen molar-refractivity contribution >= 4 is 23.4 Å². The quantitative estimate of drug-likeness (QED) is 0.796. The number of benzene rings is 1. The smallest absolute Gasteiger partial charge is 0.335 e. The summed E-state index contributed by atoms with van der Waals surface area (Å²) in [5, 5.41) is 11.8. The molecule has 0 aliphatic carbocycles. The average Bonchev–Trinajstić information content (AvgIpc) is 2.68. The summed E-state index contributed by atoms with van der Waals surface area (Å²) < 4.78 is 0. The molecule has 1 aromatic heterocycles. The van der Waals surface area contributed by atoms with Gasteiger partial charge >= 0.3 is 5.97 Å². The molecule has 3 rings (SSSR count). The minimum atomic E-state index is -1.02. The van der Waals surface area contributed by atoms with Gasteiger partial charge in [-0.3, -0.25) is 9.69 Å². The fourth-order valence-corrected chi connectivity index (χ4v) is 3.02. The topological polar surface area (TPSA) is 98.7 Å². The summed E-state index contributed by atoms with van der Waals surface area (Å²) >= 11 is 0. The zero-order chi connectivity index (χ0) is 19.2. The number of nitrogens with zero attached hydrogens (tertiary/aromatic N) is 4. The van der Waals surface area contributed by atoms with E-state index in [2.05, 4.69) is 32.0 Å². The van der Waals surface area contributed by atoms with Crippen LogP contribution in [0.3, 0.4) is 0 Å². The van der Waals surface area contributed by atoms with Crippen molar-refractivity contribution in [3.05, 3.63) is 47.9 Å². The van der Waals surface area contributed by atoms with Gasteiger partial charge in [-0.25, -0.2) is 14.8 Å². The van der Waals surface area contributed by atoms with E-state index in [9.17, 15) is 9.59 Å². The highest BCUT2D eigenvalue weighted by Gasteiger charge is 2.20. The Morgan fingerprint density at radius 3 is 2.63 bits per heavy atom. The third-order valence-electron chi connectivity index (χ3n) is 4.53. The van der Waals surface area contributed by atoms with Crippen molar-refractivity contribution in [2.45, 2.75) is 13.3 Å². The first kappa shape index (κ1) is 18.8. The number of rotatable bonds is 6. The molecule has 27 heavy (non-hydrogen) atoms. The predicted octanol–water partition coefficient (Wildman–Crippen LogP) is 1.50. The van der Waals surface area contributed by atoms with Crippen molar-refractivity contribution in [1.82, 2.24) is 14.9 Å². The third kappa shape index (κ3) is 5.01. The largest absolute Gasteiger partial charge is 0.478 e. The summed E-state index contributed by atoms with van der Waals surface area (Å²) in [5.74, 6) is -0.240. The maximum Gasteiger partial charge on any atom is 0.335 e. The first-order chi connectivity index (χ1) is 13.0. The molecule has 2 heterocycles. The molecular weight excluding hydrogens is 346 g/mol. The van der Waals surface area contributed by atoms with Crippen molar-refractivity contribution in [2.24, 2.45) is 0 Å². The Bertz CT molecular complexity index is 818. The maximum absolute atomic E-state index is 12.3. The molecule has 1 fully saturated rings. The molecule has 142 valence electrons. The van der Waals surface area contributed by atoms with Crippen LogP contribution in [-0.2, 0) is 11.2 Å². The number of aryl methyl sites for hydroxylation is 1. The van der Waals surface area contributed by atoms with Gasteiger partial charge in [0.15, 0.2) is 0 Å². The van der Waals surface area contributed by atoms with E-state index in [1.165, 1.54) is 12.1 Å². The summed E-state index contributed by atoms with van der Waals surface area (Å²) in [5.41, 5.74) is 1.66. The van der Waals surface area contributed by atoms with E-state index in [-0.39, 0.29) is 18.0 Å². The van der Waals surface area contributed by atoms with Crippen molar-refractivity contribution in [2.75, 3.05) is 42.9 Å². The summed E-state index contributed by atoms with van der Waals surface area (Å²) in [6.07, 6.45) is 2.47. The zero-order valence-electron chi connectivity index (χ0n) is 15.3. The van der Waals surface area contributed by atoms with Crippen LogP contribution in [0.1, 0.15) is 23.0 Å². The normalized spacial score (nSPS) is 14.8. The first-order valence-corrected chi connectivity index (χ1v) is 8.96.